The van der Waals surface area contributed by atoms with E-state index in [1.54, 1.807) is 4.68 Å². The van der Waals surface area contributed by atoms with E-state index in [0.29, 0.717) is 6.54 Å². The Morgan fingerprint density at radius 2 is 1.94 bits per heavy atom. The van der Waals surface area contributed by atoms with Gasteiger partial charge in [-0.05, 0) is 49.4 Å². The molecule has 6 nitrogen and oxygen atoms in total. The number of rotatable bonds is 4. The largest absolute Gasteiger partial charge is 0.330 e. The van der Waals surface area contributed by atoms with Crippen molar-refractivity contribution in [2.24, 2.45) is 5.73 Å². The number of aryl methyl sites for hydroxylation is 3. The van der Waals surface area contributed by atoms with Gasteiger partial charge in [-0.15, -0.1) is 5.10 Å². The van der Waals surface area contributed by atoms with Crippen LogP contribution in [0.4, 0.5) is 0 Å². The van der Waals surface area contributed by atoms with E-state index in [-0.39, 0.29) is 0 Å². The fourth-order valence-electron chi connectivity index (χ4n) is 1.77. The van der Waals surface area contributed by atoms with E-state index in [9.17, 15) is 0 Å². The topological polar surface area (TPSA) is 82.5 Å². The second kappa shape index (κ2) is 5.01. The third-order valence-electron chi connectivity index (χ3n) is 2.45. The molecule has 0 amide bonds. The Kier molecular flexibility index (Phi) is 3.43. The second-order valence-electron chi connectivity index (χ2n) is 4.01. The van der Waals surface area contributed by atoms with Crippen molar-refractivity contribution in [3.8, 4) is 11.4 Å². The highest BCUT2D eigenvalue weighted by atomic mass is 15.5. The van der Waals surface area contributed by atoms with Gasteiger partial charge in [0.1, 0.15) is 0 Å². The molecule has 2 rings (SSSR count). The molecule has 0 saturated heterocycles. The van der Waals surface area contributed by atoms with Gasteiger partial charge in [0.25, 0.3) is 0 Å². The van der Waals surface area contributed by atoms with Gasteiger partial charge in [-0.25, -0.2) is 4.68 Å². The van der Waals surface area contributed by atoms with Crippen LogP contribution >= 0.6 is 0 Å². The van der Waals surface area contributed by atoms with Crippen LogP contribution in [0.25, 0.3) is 11.4 Å². The van der Waals surface area contributed by atoms with Crippen molar-refractivity contribution in [2.45, 2.75) is 26.8 Å². The second-order valence-corrected chi connectivity index (χ2v) is 4.01. The zero-order chi connectivity index (χ0) is 12.3. The Labute approximate surface area is 99.9 Å². The van der Waals surface area contributed by atoms with E-state index >= 15 is 0 Å². The lowest BCUT2D eigenvalue weighted by molar-refractivity contribution is 0.568. The minimum Gasteiger partial charge on any atom is -0.330 e. The van der Waals surface area contributed by atoms with E-state index in [4.69, 9.17) is 5.73 Å². The maximum absolute atomic E-state index is 5.49. The van der Waals surface area contributed by atoms with Crippen molar-refractivity contribution in [1.82, 2.24) is 25.2 Å². The van der Waals surface area contributed by atoms with E-state index < -0.39 is 0 Å². The van der Waals surface area contributed by atoms with E-state index in [1.165, 1.54) is 0 Å². The average molecular weight is 232 g/mol. The molecule has 2 aromatic heterocycles. The summed E-state index contributed by atoms with van der Waals surface area (Å²) >= 11 is 0. The van der Waals surface area contributed by atoms with Crippen LogP contribution in [0.15, 0.2) is 12.1 Å². The Balaban J connectivity index is 2.35. The van der Waals surface area contributed by atoms with Crippen molar-refractivity contribution in [2.75, 3.05) is 6.54 Å². The highest BCUT2D eigenvalue weighted by Crippen LogP contribution is 2.17. The van der Waals surface area contributed by atoms with Crippen LogP contribution in [0.5, 0.6) is 0 Å². The summed E-state index contributed by atoms with van der Waals surface area (Å²) in [6.07, 6.45) is 0.862. The molecule has 2 aromatic rings. The van der Waals surface area contributed by atoms with Crippen LogP contribution in [0.2, 0.25) is 0 Å². The summed E-state index contributed by atoms with van der Waals surface area (Å²) in [5.41, 5.74) is 8.42. The summed E-state index contributed by atoms with van der Waals surface area (Å²) in [4.78, 5) is 4.34. The summed E-state index contributed by atoms with van der Waals surface area (Å²) in [6, 6.07) is 3.97. The van der Waals surface area contributed by atoms with Gasteiger partial charge in [-0.3, -0.25) is 4.98 Å². The quantitative estimate of drug-likeness (QED) is 0.839. The molecule has 0 aliphatic heterocycles. The highest BCUT2D eigenvalue weighted by Gasteiger charge is 2.09. The van der Waals surface area contributed by atoms with Crippen molar-refractivity contribution < 1.29 is 0 Å². The molecule has 0 aliphatic carbocycles. The van der Waals surface area contributed by atoms with Crippen molar-refractivity contribution in [3.63, 3.8) is 0 Å². The lowest BCUT2D eigenvalue weighted by Crippen LogP contribution is -2.08. The molecule has 0 saturated carbocycles. The first-order valence-corrected chi connectivity index (χ1v) is 5.62. The molecule has 2 N–H and O–H groups in total. The van der Waals surface area contributed by atoms with Crippen LogP contribution in [-0.2, 0) is 6.54 Å². The van der Waals surface area contributed by atoms with E-state index in [0.717, 1.165) is 35.7 Å². The molecular weight excluding hydrogens is 216 g/mol. The first-order chi connectivity index (χ1) is 8.20. The first kappa shape index (κ1) is 11.7. The van der Waals surface area contributed by atoms with Gasteiger partial charge in [0, 0.05) is 23.5 Å². The van der Waals surface area contributed by atoms with Crippen LogP contribution in [-0.4, -0.2) is 31.7 Å². The fraction of sp³-hybridized carbons (Fsp3) is 0.455. The number of pyridine rings is 1. The molecule has 0 aromatic carbocycles. The Hall–Kier alpha value is -1.82. The van der Waals surface area contributed by atoms with Crippen molar-refractivity contribution >= 4 is 0 Å². The molecule has 6 heteroatoms. The first-order valence-electron chi connectivity index (χ1n) is 5.62. The zero-order valence-electron chi connectivity index (χ0n) is 10.1. The smallest absolute Gasteiger partial charge is 0.182 e. The molecule has 2 heterocycles. The van der Waals surface area contributed by atoms with Crippen LogP contribution in [0.3, 0.4) is 0 Å². The molecule has 17 heavy (non-hydrogen) atoms. The molecule has 0 spiro atoms. The Morgan fingerprint density at radius 1 is 1.24 bits per heavy atom. The summed E-state index contributed by atoms with van der Waals surface area (Å²) in [5, 5.41) is 11.7. The molecule has 0 radical (unpaired) electrons. The van der Waals surface area contributed by atoms with Gasteiger partial charge in [0.2, 0.25) is 0 Å². The zero-order valence-corrected chi connectivity index (χ0v) is 10.1. The van der Waals surface area contributed by atoms with Gasteiger partial charge in [-0.2, -0.15) is 0 Å². The monoisotopic (exact) mass is 232 g/mol. The standard InChI is InChI=1S/C11H16N6/c1-8-6-10(7-9(2)13-8)11-14-15-16-17(11)5-3-4-12/h6-7H,3-5,12H2,1-2H3. The average Bonchev–Trinajstić information content (AvgIpc) is 2.73. The van der Waals surface area contributed by atoms with Gasteiger partial charge in [0.05, 0.1) is 0 Å². The van der Waals surface area contributed by atoms with Gasteiger partial charge < -0.3 is 5.73 Å². The molecule has 90 valence electrons. The predicted octanol–water partition coefficient (Wildman–Crippen LogP) is 0.701. The molecule has 0 bridgehead atoms. The SMILES string of the molecule is Cc1cc(-c2nnnn2CCCN)cc(C)n1. The number of aromatic nitrogens is 5. The number of hydrogen-bond donors (Lipinski definition) is 1. The fourth-order valence-corrected chi connectivity index (χ4v) is 1.77. The van der Waals surface area contributed by atoms with Crippen LogP contribution in [0, 0.1) is 13.8 Å². The Morgan fingerprint density at radius 3 is 2.59 bits per heavy atom. The van der Waals surface area contributed by atoms with Crippen molar-refractivity contribution in [1.29, 1.82) is 0 Å². The summed E-state index contributed by atoms with van der Waals surface area (Å²) in [5.74, 6) is 0.770. The molecular formula is C11H16N6. The number of hydrogen-bond acceptors (Lipinski definition) is 5. The third-order valence-corrected chi connectivity index (χ3v) is 2.45. The third kappa shape index (κ3) is 2.65. The lowest BCUT2D eigenvalue weighted by Gasteiger charge is -2.05. The molecule has 0 unspecified atom stereocenters. The summed E-state index contributed by atoms with van der Waals surface area (Å²) in [7, 11) is 0. The van der Waals surface area contributed by atoms with Gasteiger partial charge >= 0.3 is 0 Å². The minimum absolute atomic E-state index is 0.633. The number of nitrogens with two attached hydrogens (primary N) is 1. The van der Waals surface area contributed by atoms with Crippen LogP contribution < -0.4 is 5.73 Å². The summed E-state index contributed by atoms with van der Waals surface area (Å²) in [6.45, 7) is 5.29. The normalized spacial score (nSPS) is 10.8. The van der Waals surface area contributed by atoms with E-state index in [2.05, 4.69) is 20.5 Å². The minimum atomic E-state index is 0.633. The maximum atomic E-state index is 5.49. The molecule has 0 aliphatic rings. The van der Waals surface area contributed by atoms with Gasteiger partial charge in [0.15, 0.2) is 5.82 Å². The lowest BCUT2D eigenvalue weighted by atomic mass is 10.2. The van der Waals surface area contributed by atoms with Crippen molar-refractivity contribution in [3.05, 3.63) is 23.5 Å². The predicted molar refractivity (Wildman–Crippen MR) is 64.2 cm³/mol. The summed E-state index contributed by atoms with van der Waals surface area (Å²) < 4.78 is 1.78. The molecule has 0 atom stereocenters. The molecule has 0 fully saturated rings. The number of nitrogens with zero attached hydrogens (tertiary/aromatic N) is 5. The van der Waals surface area contributed by atoms with Crippen LogP contribution in [0.1, 0.15) is 17.8 Å². The number of tetrazole rings is 1. The Bertz CT molecular complexity index is 484. The van der Waals surface area contributed by atoms with Gasteiger partial charge in [-0.1, -0.05) is 0 Å². The van der Waals surface area contributed by atoms with E-state index in [1.807, 2.05) is 26.0 Å². The highest BCUT2D eigenvalue weighted by molar-refractivity contribution is 5.55. The maximum Gasteiger partial charge on any atom is 0.182 e.